The van der Waals surface area contributed by atoms with Crippen molar-refractivity contribution in [3.63, 3.8) is 0 Å². The van der Waals surface area contributed by atoms with Gasteiger partial charge >= 0.3 is 6.18 Å². The number of rotatable bonds is 2. The predicted molar refractivity (Wildman–Crippen MR) is 57.6 cm³/mol. The molecule has 1 aromatic carbocycles. The van der Waals surface area contributed by atoms with Gasteiger partial charge in [0.2, 0.25) is 0 Å². The first-order valence-corrected chi connectivity index (χ1v) is 5.51. The molecule has 0 amide bonds. The van der Waals surface area contributed by atoms with Crippen LogP contribution in [-0.2, 0) is 6.18 Å². The molecule has 5 heteroatoms. The molecule has 17 heavy (non-hydrogen) atoms. The van der Waals surface area contributed by atoms with Gasteiger partial charge in [-0.05, 0) is 11.6 Å². The Bertz CT molecular complexity index is 392. The second-order valence-corrected chi connectivity index (χ2v) is 4.29. The van der Waals surface area contributed by atoms with Gasteiger partial charge in [-0.15, -0.1) is 0 Å². The lowest BCUT2D eigenvalue weighted by atomic mass is 9.86. The van der Waals surface area contributed by atoms with E-state index < -0.39 is 11.7 Å². The van der Waals surface area contributed by atoms with Crippen LogP contribution in [0.5, 0.6) is 0 Å². The molecule has 1 heterocycles. The van der Waals surface area contributed by atoms with Crippen molar-refractivity contribution in [3.05, 3.63) is 35.4 Å². The van der Waals surface area contributed by atoms with Gasteiger partial charge in [0, 0.05) is 31.5 Å². The Labute approximate surface area is 97.5 Å². The van der Waals surface area contributed by atoms with Crippen LogP contribution in [0, 0.1) is 5.92 Å². The van der Waals surface area contributed by atoms with Crippen molar-refractivity contribution < 1.29 is 18.3 Å². The molecule has 0 aliphatic carbocycles. The van der Waals surface area contributed by atoms with Crippen LogP contribution in [0.15, 0.2) is 24.3 Å². The summed E-state index contributed by atoms with van der Waals surface area (Å²) in [6.07, 6.45) is -4.33. The molecule has 1 aliphatic heterocycles. The third-order valence-corrected chi connectivity index (χ3v) is 3.24. The average Bonchev–Trinajstić information content (AvgIpc) is 2.75. The van der Waals surface area contributed by atoms with Crippen molar-refractivity contribution in [2.75, 3.05) is 19.7 Å². The number of hydrogen-bond donors (Lipinski definition) is 2. The van der Waals surface area contributed by atoms with Crippen molar-refractivity contribution in [2.24, 2.45) is 5.92 Å². The van der Waals surface area contributed by atoms with Crippen molar-refractivity contribution in [2.45, 2.75) is 12.1 Å². The summed E-state index contributed by atoms with van der Waals surface area (Å²) in [7, 11) is 0. The number of aliphatic hydroxyl groups excluding tert-OH is 1. The van der Waals surface area contributed by atoms with Crippen molar-refractivity contribution in [1.29, 1.82) is 0 Å². The maximum absolute atomic E-state index is 12.8. The summed E-state index contributed by atoms with van der Waals surface area (Å²) in [5.41, 5.74) is -0.309. The van der Waals surface area contributed by atoms with E-state index in [1.165, 1.54) is 12.1 Å². The van der Waals surface area contributed by atoms with Gasteiger partial charge in [-0.2, -0.15) is 13.2 Å². The Kier molecular flexibility index (Phi) is 3.40. The molecule has 0 spiro atoms. The topological polar surface area (TPSA) is 32.3 Å². The minimum Gasteiger partial charge on any atom is -0.396 e. The summed E-state index contributed by atoms with van der Waals surface area (Å²) in [6.45, 7) is 0.954. The van der Waals surface area contributed by atoms with Crippen LogP contribution < -0.4 is 5.32 Å². The van der Waals surface area contributed by atoms with Gasteiger partial charge in [0.25, 0.3) is 0 Å². The Morgan fingerprint density at radius 3 is 2.59 bits per heavy atom. The number of hydrogen-bond acceptors (Lipinski definition) is 2. The minimum atomic E-state index is -4.33. The third kappa shape index (κ3) is 2.45. The highest BCUT2D eigenvalue weighted by Gasteiger charge is 2.38. The second-order valence-electron chi connectivity index (χ2n) is 4.29. The van der Waals surface area contributed by atoms with Gasteiger partial charge in [-0.25, -0.2) is 0 Å². The molecule has 0 saturated carbocycles. The molecule has 0 bridgehead atoms. The lowest BCUT2D eigenvalue weighted by Gasteiger charge is -2.21. The second kappa shape index (κ2) is 4.66. The maximum atomic E-state index is 12.8. The van der Waals surface area contributed by atoms with E-state index in [4.69, 9.17) is 0 Å². The molecule has 0 aromatic heterocycles. The molecule has 0 radical (unpaired) electrons. The average molecular weight is 245 g/mol. The van der Waals surface area contributed by atoms with Crippen LogP contribution in [0.3, 0.4) is 0 Å². The first kappa shape index (κ1) is 12.4. The van der Waals surface area contributed by atoms with Gasteiger partial charge in [-0.1, -0.05) is 18.2 Å². The molecule has 94 valence electrons. The number of alkyl halides is 3. The summed E-state index contributed by atoms with van der Waals surface area (Å²) in [4.78, 5) is 0. The van der Waals surface area contributed by atoms with Gasteiger partial charge < -0.3 is 10.4 Å². The molecule has 2 atom stereocenters. The highest BCUT2D eigenvalue weighted by Crippen LogP contribution is 2.38. The van der Waals surface area contributed by atoms with Gasteiger partial charge in [0.05, 0.1) is 5.56 Å². The lowest BCUT2D eigenvalue weighted by molar-refractivity contribution is -0.138. The molecule has 1 fully saturated rings. The number of benzene rings is 1. The normalized spacial score (nSPS) is 25.2. The molecule has 1 saturated heterocycles. The Balaban J connectivity index is 2.38. The molecular weight excluding hydrogens is 231 g/mol. The van der Waals surface area contributed by atoms with E-state index in [-0.39, 0.29) is 24.0 Å². The van der Waals surface area contributed by atoms with E-state index in [0.29, 0.717) is 13.1 Å². The molecule has 2 nitrogen and oxygen atoms in total. The smallest absolute Gasteiger partial charge is 0.396 e. The van der Waals surface area contributed by atoms with E-state index in [9.17, 15) is 18.3 Å². The van der Waals surface area contributed by atoms with Crippen LogP contribution >= 0.6 is 0 Å². The highest BCUT2D eigenvalue weighted by molar-refractivity contribution is 5.34. The summed E-state index contributed by atoms with van der Waals surface area (Å²) < 4.78 is 38.5. The Morgan fingerprint density at radius 2 is 1.94 bits per heavy atom. The van der Waals surface area contributed by atoms with Crippen LogP contribution in [-0.4, -0.2) is 24.8 Å². The van der Waals surface area contributed by atoms with Crippen molar-refractivity contribution >= 4 is 0 Å². The van der Waals surface area contributed by atoms with Gasteiger partial charge in [0.1, 0.15) is 0 Å². The zero-order valence-corrected chi connectivity index (χ0v) is 9.17. The fourth-order valence-electron chi connectivity index (χ4n) is 2.37. The third-order valence-electron chi connectivity index (χ3n) is 3.24. The molecule has 2 rings (SSSR count). The fourth-order valence-corrected chi connectivity index (χ4v) is 2.37. The maximum Gasteiger partial charge on any atom is 0.416 e. The number of aliphatic hydroxyl groups is 1. The first-order valence-electron chi connectivity index (χ1n) is 5.51. The van der Waals surface area contributed by atoms with E-state index in [2.05, 4.69) is 5.32 Å². The summed E-state index contributed by atoms with van der Waals surface area (Å²) in [5.74, 6) is -0.406. The lowest BCUT2D eigenvalue weighted by Crippen LogP contribution is -2.19. The zero-order valence-electron chi connectivity index (χ0n) is 9.17. The standard InChI is InChI=1S/C12H14F3NO/c13-12(14,15)11-4-2-1-3-9(11)10-6-16-5-8(10)7-17/h1-4,8,10,16-17H,5-7H2/t8-,10+/m0/s1. The van der Waals surface area contributed by atoms with Crippen LogP contribution in [0.1, 0.15) is 17.0 Å². The van der Waals surface area contributed by atoms with E-state index in [1.54, 1.807) is 6.07 Å². The van der Waals surface area contributed by atoms with Crippen LogP contribution in [0.25, 0.3) is 0 Å². The highest BCUT2D eigenvalue weighted by atomic mass is 19.4. The SMILES string of the molecule is OC[C@@H]1CNC[C@H]1c1ccccc1C(F)(F)F. The number of halogens is 3. The summed E-state index contributed by atoms with van der Waals surface area (Å²) >= 11 is 0. The van der Waals surface area contributed by atoms with E-state index >= 15 is 0 Å². The van der Waals surface area contributed by atoms with Crippen LogP contribution in [0.4, 0.5) is 13.2 Å². The fraction of sp³-hybridized carbons (Fsp3) is 0.500. The first-order chi connectivity index (χ1) is 8.04. The predicted octanol–water partition coefficient (Wildman–Crippen LogP) is 2.00. The number of nitrogens with one attached hydrogen (secondary N) is 1. The molecule has 0 unspecified atom stereocenters. The summed E-state index contributed by atoms with van der Waals surface area (Å²) in [5, 5.41) is 12.2. The quantitative estimate of drug-likeness (QED) is 0.835. The van der Waals surface area contributed by atoms with E-state index in [0.717, 1.165) is 6.07 Å². The monoisotopic (exact) mass is 245 g/mol. The zero-order chi connectivity index (χ0) is 12.5. The van der Waals surface area contributed by atoms with Crippen molar-refractivity contribution in [1.82, 2.24) is 5.32 Å². The van der Waals surface area contributed by atoms with E-state index in [1.807, 2.05) is 0 Å². The molecular formula is C12H14F3NO. The van der Waals surface area contributed by atoms with Crippen molar-refractivity contribution in [3.8, 4) is 0 Å². The molecule has 2 N–H and O–H groups in total. The minimum absolute atomic E-state index is 0.0934. The van der Waals surface area contributed by atoms with Crippen LogP contribution in [0.2, 0.25) is 0 Å². The molecule has 1 aromatic rings. The summed E-state index contributed by atoms with van der Waals surface area (Å²) in [6, 6.07) is 5.60. The Hall–Kier alpha value is -1.07. The molecule has 1 aliphatic rings. The Morgan fingerprint density at radius 1 is 1.24 bits per heavy atom. The largest absolute Gasteiger partial charge is 0.416 e. The van der Waals surface area contributed by atoms with Gasteiger partial charge in [0.15, 0.2) is 0 Å². The van der Waals surface area contributed by atoms with Gasteiger partial charge in [-0.3, -0.25) is 0 Å².